The number of halogens is 1. The molecule has 2 atom stereocenters. The SMILES string of the molecule is COc1ccccc1N1CC(CO)C(Cl)C1=O. The first kappa shape index (κ1) is 12.2. The maximum atomic E-state index is 12.0. The second-order valence-electron chi connectivity index (χ2n) is 3.97. The second-order valence-corrected chi connectivity index (χ2v) is 4.44. The Morgan fingerprint density at radius 3 is 2.82 bits per heavy atom. The van der Waals surface area contributed by atoms with Crippen LogP contribution in [-0.2, 0) is 4.79 Å². The molecule has 1 amide bonds. The Morgan fingerprint density at radius 2 is 2.24 bits per heavy atom. The van der Waals surface area contributed by atoms with E-state index in [0.717, 1.165) is 0 Å². The van der Waals surface area contributed by atoms with Gasteiger partial charge < -0.3 is 14.7 Å². The molecule has 4 nitrogen and oxygen atoms in total. The number of aliphatic hydroxyl groups is 1. The van der Waals surface area contributed by atoms with E-state index in [2.05, 4.69) is 0 Å². The average molecular weight is 256 g/mol. The molecule has 1 aliphatic rings. The van der Waals surface area contributed by atoms with Gasteiger partial charge in [-0.05, 0) is 12.1 Å². The quantitative estimate of drug-likeness (QED) is 0.828. The van der Waals surface area contributed by atoms with Crippen LogP contribution in [-0.4, -0.2) is 36.7 Å². The molecule has 1 aromatic carbocycles. The third-order valence-corrected chi connectivity index (χ3v) is 3.49. The van der Waals surface area contributed by atoms with Gasteiger partial charge in [0.15, 0.2) is 0 Å². The first-order valence-corrected chi connectivity index (χ1v) is 5.82. The zero-order valence-electron chi connectivity index (χ0n) is 9.47. The maximum Gasteiger partial charge on any atom is 0.245 e. The summed E-state index contributed by atoms with van der Waals surface area (Å²) in [6.07, 6.45) is 0. The number of carbonyl (C=O) groups is 1. The third kappa shape index (κ3) is 2.10. The van der Waals surface area contributed by atoms with E-state index in [1.807, 2.05) is 12.1 Å². The molecule has 0 aromatic heterocycles. The lowest BCUT2D eigenvalue weighted by Gasteiger charge is -2.19. The summed E-state index contributed by atoms with van der Waals surface area (Å²) in [6, 6.07) is 7.27. The van der Waals surface area contributed by atoms with Crippen LogP contribution in [0.1, 0.15) is 0 Å². The van der Waals surface area contributed by atoms with Gasteiger partial charge in [-0.1, -0.05) is 12.1 Å². The van der Waals surface area contributed by atoms with E-state index in [4.69, 9.17) is 21.4 Å². The standard InChI is InChI=1S/C12H14ClNO3/c1-17-10-5-3-2-4-9(10)14-6-8(7-15)11(13)12(14)16/h2-5,8,11,15H,6-7H2,1H3. The molecule has 0 aliphatic carbocycles. The molecule has 1 aromatic rings. The van der Waals surface area contributed by atoms with Crippen molar-refractivity contribution < 1.29 is 14.6 Å². The lowest BCUT2D eigenvalue weighted by molar-refractivity contribution is -0.117. The normalized spacial score (nSPS) is 24.2. The molecule has 17 heavy (non-hydrogen) atoms. The van der Waals surface area contributed by atoms with E-state index in [1.165, 1.54) is 0 Å². The molecule has 92 valence electrons. The number of para-hydroxylation sites is 2. The number of ether oxygens (including phenoxy) is 1. The predicted molar refractivity (Wildman–Crippen MR) is 65.6 cm³/mol. The summed E-state index contributed by atoms with van der Waals surface area (Å²) >= 11 is 5.98. The Labute approximate surface area is 105 Å². The van der Waals surface area contributed by atoms with Crippen molar-refractivity contribution in [2.24, 2.45) is 5.92 Å². The minimum absolute atomic E-state index is 0.0917. The Bertz CT molecular complexity index is 424. The summed E-state index contributed by atoms with van der Waals surface area (Å²) in [7, 11) is 1.56. The van der Waals surface area contributed by atoms with Gasteiger partial charge in [0.25, 0.3) is 0 Å². The fourth-order valence-corrected chi connectivity index (χ4v) is 2.26. The zero-order valence-corrected chi connectivity index (χ0v) is 10.2. The van der Waals surface area contributed by atoms with Crippen molar-refractivity contribution in [2.45, 2.75) is 5.38 Å². The first-order valence-electron chi connectivity index (χ1n) is 5.38. The lowest BCUT2D eigenvalue weighted by Crippen LogP contribution is -2.27. The summed E-state index contributed by atoms with van der Waals surface area (Å²) in [5, 5.41) is 8.49. The van der Waals surface area contributed by atoms with Crippen LogP contribution in [0.5, 0.6) is 5.75 Å². The number of methoxy groups -OCH3 is 1. The maximum absolute atomic E-state index is 12.0. The molecule has 1 N–H and O–H groups in total. The molecule has 2 unspecified atom stereocenters. The van der Waals surface area contributed by atoms with Crippen LogP contribution >= 0.6 is 11.6 Å². The molecule has 1 aliphatic heterocycles. The van der Waals surface area contributed by atoms with Crippen molar-refractivity contribution in [3.8, 4) is 5.75 Å². The van der Waals surface area contributed by atoms with Crippen molar-refractivity contribution in [3.05, 3.63) is 24.3 Å². The lowest BCUT2D eigenvalue weighted by atomic mass is 10.1. The summed E-state index contributed by atoms with van der Waals surface area (Å²) < 4.78 is 5.21. The number of benzene rings is 1. The number of anilines is 1. The topological polar surface area (TPSA) is 49.8 Å². The summed E-state index contributed by atoms with van der Waals surface area (Å²) in [5.74, 6) is 0.215. The number of alkyl halides is 1. The van der Waals surface area contributed by atoms with E-state index in [1.54, 1.807) is 24.1 Å². The minimum Gasteiger partial charge on any atom is -0.495 e. The monoisotopic (exact) mass is 255 g/mol. The highest BCUT2D eigenvalue weighted by molar-refractivity contribution is 6.34. The van der Waals surface area contributed by atoms with Gasteiger partial charge in [-0.15, -0.1) is 11.6 Å². The van der Waals surface area contributed by atoms with Crippen LogP contribution in [0.2, 0.25) is 0 Å². The number of rotatable bonds is 3. The zero-order chi connectivity index (χ0) is 12.4. The van der Waals surface area contributed by atoms with E-state index in [-0.39, 0.29) is 18.4 Å². The number of hydrogen-bond acceptors (Lipinski definition) is 3. The summed E-state index contributed by atoms with van der Waals surface area (Å²) in [6.45, 7) is 0.329. The van der Waals surface area contributed by atoms with E-state index < -0.39 is 5.38 Å². The van der Waals surface area contributed by atoms with E-state index >= 15 is 0 Å². The average Bonchev–Trinajstić information content (AvgIpc) is 2.66. The number of nitrogens with zero attached hydrogens (tertiary/aromatic N) is 1. The van der Waals surface area contributed by atoms with Gasteiger partial charge in [-0.25, -0.2) is 0 Å². The Kier molecular flexibility index (Phi) is 3.54. The van der Waals surface area contributed by atoms with Gasteiger partial charge in [0.1, 0.15) is 11.1 Å². The number of aliphatic hydroxyl groups excluding tert-OH is 1. The predicted octanol–water partition coefficient (Wildman–Crippen LogP) is 1.26. The van der Waals surface area contributed by atoms with Gasteiger partial charge >= 0.3 is 0 Å². The van der Waals surface area contributed by atoms with Crippen LogP contribution in [0.4, 0.5) is 5.69 Å². The van der Waals surface area contributed by atoms with Crippen molar-refractivity contribution in [1.29, 1.82) is 0 Å². The van der Waals surface area contributed by atoms with Crippen LogP contribution in [0, 0.1) is 5.92 Å². The Morgan fingerprint density at radius 1 is 1.53 bits per heavy atom. The van der Waals surface area contributed by atoms with Gasteiger partial charge in [0.2, 0.25) is 5.91 Å². The Balaban J connectivity index is 2.32. The van der Waals surface area contributed by atoms with Crippen LogP contribution < -0.4 is 9.64 Å². The highest BCUT2D eigenvalue weighted by Gasteiger charge is 2.40. The smallest absolute Gasteiger partial charge is 0.245 e. The molecule has 0 bridgehead atoms. The van der Waals surface area contributed by atoms with Crippen molar-refractivity contribution in [2.75, 3.05) is 25.2 Å². The molecular weight excluding hydrogens is 242 g/mol. The number of hydrogen-bond donors (Lipinski definition) is 1. The Hall–Kier alpha value is -1.26. The van der Waals surface area contributed by atoms with Gasteiger partial charge in [0.05, 0.1) is 12.8 Å². The molecular formula is C12H14ClNO3. The first-order chi connectivity index (χ1) is 8.19. The van der Waals surface area contributed by atoms with E-state index in [9.17, 15) is 4.79 Å². The summed E-state index contributed by atoms with van der Waals surface area (Å²) in [5.41, 5.74) is 0.696. The molecule has 5 heteroatoms. The molecule has 0 saturated carbocycles. The summed E-state index contributed by atoms with van der Waals surface area (Å²) in [4.78, 5) is 13.5. The third-order valence-electron chi connectivity index (χ3n) is 2.94. The van der Waals surface area contributed by atoms with Gasteiger partial charge in [0, 0.05) is 19.1 Å². The van der Waals surface area contributed by atoms with Crippen molar-refractivity contribution in [1.82, 2.24) is 0 Å². The minimum atomic E-state index is -0.662. The highest BCUT2D eigenvalue weighted by Crippen LogP contribution is 2.34. The van der Waals surface area contributed by atoms with Crippen molar-refractivity contribution in [3.63, 3.8) is 0 Å². The van der Waals surface area contributed by atoms with Crippen LogP contribution in [0.25, 0.3) is 0 Å². The number of amides is 1. The molecule has 1 saturated heterocycles. The highest BCUT2D eigenvalue weighted by atomic mass is 35.5. The fourth-order valence-electron chi connectivity index (χ4n) is 1.99. The van der Waals surface area contributed by atoms with Crippen LogP contribution in [0.3, 0.4) is 0 Å². The van der Waals surface area contributed by atoms with Crippen molar-refractivity contribution >= 4 is 23.2 Å². The largest absolute Gasteiger partial charge is 0.495 e. The van der Waals surface area contributed by atoms with E-state index in [0.29, 0.717) is 18.0 Å². The molecule has 1 fully saturated rings. The number of carbonyl (C=O) groups excluding carboxylic acids is 1. The van der Waals surface area contributed by atoms with Crippen LogP contribution in [0.15, 0.2) is 24.3 Å². The fraction of sp³-hybridized carbons (Fsp3) is 0.417. The molecule has 2 rings (SSSR count). The second kappa shape index (κ2) is 4.94. The molecule has 1 heterocycles. The van der Waals surface area contributed by atoms with Gasteiger partial charge in [-0.2, -0.15) is 0 Å². The molecule has 0 radical (unpaired) electrons. The molecule has 0 spiro atoms. The van der Waals surface area contributed by atoms with Gasteiger partial charge in [-0.3, -0.25) is 4.79 Å².